The number of anilines is 2. The predicted octanol–water partition coefficient (Wildman–Crippen LogP) is 7.41. The lowest BCUT2D eigenvalue weighted by molar-refractivity contribution is 0.0443. The van der Waals surface area contributed by atoms with Gasteiger partial charge in [-0.05, 0) is 143 Å². The summed E-state index contributed by atoms with van der Waals surface area (Å²) in [5, 5.41) is 0. The molecule has 0 aromatic heterocycles. The third-order valence-corrected chi connectivity index (χ3v) is 12.6. The Balaban J connectivity index is 0.000000259. The molecule has 0 spiro atoms. The highest BCUT2D eigenvalue weighted by Gasteiger charge is 2.30. The molecule has 2 aromatic carbocycles. The van der Waals surface area contributed by atoms with Crippen LogP contribution in [0.4, 0.5) is 11.4 Å². The van der Waals surface area contributed by atoms with Gasteiger partial charge in [0.1, 0.15) is 0 Å². The largest absolute Gasteiger partial charge is 0.465 e. The van der Waals surface area contributed by atoms with Gasteiger partial charge in [-0.3, -0.25) is 4.90 Å². The van der Waals surface area contributed by atoms with Gasteiger partial charge >= 0.3 is 11.9 Å². The van der Waals surface area contributed by atoms with Gasteiger partial charge in [-0.25, -0.2) is 9.59 Å². The van der Waals surface area contributed by atoms with Crippen molar-refractivity contribution in [3.05, 3.63) is 56.6 Å². The number of morpholine rings is 1. The second kappa shape index (κ2) is 22.1. The smallest absolute Gasteiger partial charge is 0.338 e. The summed E-state index contributed by atoms with van der Waals surface area (Å²) in [6.45, 7) is 14.4. The van der Waals surface area contributed by atoms with Gasteiger partial charge in [0.25, 0.3) is 0 Å². The molecule has 11 heteroatoms. The molecule has 0 radical (unpaired) electrons. The van der Waals surface area contributed by atoms with Crippen molar-refractivity contribution in [1.29, 1.82) is 0 Å². The lowest BCUT2D eigenvalue weighted by atomic mass is 9.88. The van der Waals surface area contributed by atoms with Crippen molar-refractivity contribution in [3.63, 3.8) is 0 Å². The Morgan fingerprint density at radius 3 is 1.57 bits per heavy atom. The average Bonchev–Trinajstić information content (AvgIpc) is 3.21. The predicted molar refractivity (Wildman–Crippen MR) is 232 cm³/mol. The van der Waals surface area contributed by atoms with Crippen LogP contribution in [-0.4, -0.2) is 139 Å². The van der Waals surface area contributed by atoms with E-state index in [1.165, 1.54) is 52.7 Å². The second-order valence-corrected chi connectivity index (χ2v) is 16.8. The van der Waals surface area contributed by atoms with E-state index in [0.717, 1.165) is 84.8 Å². The van der Waals surface area contributed by atoms with E-state index < -0.39 is 0 Å². The zero-order valence-electron chi connectivity index (χ0n) is 35.9. The van der Waals surface area contributed by atoms with E-state index in [-0.39, 0.29) is 11.9 Å². The molecule has 2 saturated carbocycles. The lowest BCUT2D eigenvalue weighted by Gasteiger charge is -2.40. The van der Waals surface area contributed by atoms with Crippen LogP contribution in [0.1, 0.15) is 103 Å². The first-order valence-electron chi connectivity index (χ1n) is 20.6. The van der Waals surface area contributed by atoms with E-state index in [9.17, 15) is 9.59 Å². The highest BCUT2D eigenvalue weighted by atomic mass is 79.9. The zero-order valence-corrected chi connectivity index (χ0v) is 37.5. The van der Waals surface area contributed by atoms with E-state index in [1.54, 1.807) is 0 Å². The van der Waals surface area contributed by atoms with Crippen molar-refractivity contribution in [2.24, 2.45) is 0 Å². The maximum absolute atomic E-state index is 12.5. The topological polar surface area (TPSA) is 78.0 Å². The average molecular weight is 839 g/mol. The monoisotopic (exact) mass is 837 g/mol. The minimum atomic E-state index is -0.298. The van der Waals surface area contributed by atoms with Crippen LogP contribution in [0.15, 0.2) is 28.7 Å². The van der Waals surface area contributed by atoms with Crippen LogP contribution in [0.3, 0.4) is 0 Å². The van der Waals surface area contributed by atoms with Gasteiger partial charge in [-0.1, -0.05) is 27.8 Å². The summed E-state index contributed by atoms with van der Waals surface area (Å²) < 4.78 is 16.4. The Bertz CT molecular complexity index is 1650. The first kappa shape index (κ1) is 45.6. The molecule has 2 aromatic rings. The van der Waals surface area contributed by atoms with Crippen LogP contribution in [0.2, 0.25) is 0 Å². The summed E-state index contributed by atoms with van der Waals surface area (Å²) in [7, 11) is 11.6. The Morgan fingerprint density at radius 2 is 1.14 bits per heavy atom. The molecule has 0 atom stereocenters. The van der Waals surface area contributed by atoms with E-state index in [4.69, 9.17) is 14.2 Å². The van der Waals surface area contributed by atoms with Gasteiger partial charge < -0.3 is 33.8 Å². The van der Waals surface area contributed by atoms with Crippen LogP contribution in [0, 0.1) is 25.7 Å². The van der Waals surface area contributed by atoms with Crippen LogP contribution in [0.5, 0.6) is 0 Å². The molecule has 0 amide bonds. The number of carbonyl (C=O) groups is 2. The maximum atomic E-state index is 12.5. The third-order valence-electron chi connectivity index (χ3n) is 12.1. The highest BCUT2D eigenvalue weighted by molar-refractivity contribution is 9.10. The van der Waals surface area contributed by atoms with Crippen molar-refractivity contribution in [1.82, 2.24) is 14.7 Å². The van der Waals surface area contributed by atoms with Crippen LogP contribution >= 0.6 is 15.9 Å². The molecule has 1 saturated heterocycles. The molecule has 56 heavy (non-hydrogen) atoms. The number of nitrogens with zero attached hydrogens (tertiary/aromatic N) is 5. The Kier molecular flexibility index (Phi) is 18.0. The molecule has 0 unspecified atom stereocenters. The van der Waals surface area contributed by atoms with Crippen LogP contribution in [-0.2, 0) is 14.2 Å². The number of rotatable bonds is 11. The van der Waals surface area contributed by atoms with E-state index in [1.807, 2.05) is 26.0 Å². The molecule has 0 bridgehead atoms. The normalized spacial score (nSPS) is 21.4. The van der Waals surface area contributed by atoms with E-state index in [0.29, 0.717) is 41.8 Å². The number of halogens is 1. The number of carbonyl (C=O) groups excluding carboxylic acids is 2. The number of methoxy groups -OCH3 is 2. The summed E-state index contributed by atoms with van der Waals surface area (Å²) >= 11 is 3.55. The van der Waals surface area contributed by atoms with Gasteiger partial charge in [0.2, 0.25) is 0 Å². The van der Waals surface area contributed by atoms with Crippen molar-refractivity contribution in [2.75, 3.05) is 98.1 Å². The minimum absolute atomic E-state index is 0.276. The SMILES string of the molecule is CCN(c1cc(Br)cc(C(=O)OC)c1C)C1CCC(N(C)C)CC1.CCN(c1cc(C#CCN2CCOCC2)cc(C(=O)OC)c1C)C1CCC(N(C)C)CC1. The minimum Gasteiger partial charge on any atom is -0.465 e. The van der Waals surface area contributed by atoms with Gasteiger partial charge in [0, 0.05) is 71.8 Å². The molecule has 0 N–H and O–H groups in total. The molecular formula is C45H68BrN5O5. The lowest BCUT2D eigenvalue weighted by Crippen LogP contribution is -2.42. The zero-order chi connectivity index (χ0) is 40.9. The number of hydrogen-bond donors (Lipinski definition) is 0. The number of esters is 2. The fourth-order valence-corrected chi connectivity index (χ4v) is 9.16. The summed E-state index contributed by atoms with van der Waals surface area (Å²) in [6, 6.07) is 10.4. The molecule has 3 fully saturated rings. The maximum Gasteiger partial charge on any atom is 0.338 e. The van der Waals surface area contributed by atoms with Crippen molar-refractivity contribution >= 4 is 39.2 Å². The summed E-state index contributed by atoms with van der Waals surface area (Å²) in [5.41, 5.74) is 6.36. The molecule has 1 heterocycles. The van der Waals surface area contributed by atoms with Crippen LogP contribution < -0.4 is 9.80 Å². The fraction of sp³-hybridized carbons (Fsp3) is 0.644. The van der Waals surface area contributed by atoms with Gasteiger partial charge in [-0.15, -0.1) is 0 Å². The molecule has 10 nitrogen and oxygen atoms in total. The molecule has 5 rings (SSSR count). The molecule has 310 valence electrons. The first-order chi connectivity index (χ1) is 26.8. The number of ether oxygens (including phenoxy) is 3. The Morgan fingerprint density at radius 1 is 0.714 bits per heavy atom. The highest BCUT2D eigenvalue weighted by Crippen LogP contribution is 2.35. The van der Waals surface area contributed by atoms with Crippen molar-refractivity contribution < 1.29 is 23.8 Å². The van der Waals surface area contributed by atoms with Crippen LogP contribution in [0.25, 0.3) is 0 Å². The molecule has 3 aliphatic rings. The fourth-order valence-electron chi connectivity index (χ4n) is 8.71. The van der Waals surface area contributed by atoms with Gasteiger partial charge in [0.05, 0.1) is 45.1 Å². The Hall–Kier alpha value is -3.14. The number of hydrogen-bond acceptors (Lipinski definition) is 10. The molecule has 2 aliphatic carbocycles. The molecule has 1 aliphatic heterocycles. The Labute approximate surface area is 346 Å². The second-order valence-electron chi connectivity index (χ2n) is 15.9. The first-order valence-corrected chi connectivity index (χ1v) is 21.4. The van der Waals surface area contributed by atoms with Gasteiger partial charge in [0.15, 0.2) is 0 Å². The summed E-state index contributed by atoms with van der Waals surface area (Å²) in [6.07, 6.45) is 9.57. The quantitative estimate of drug-likeness (QED) is 0.169. The van der Waals surface area contributed by atoms with Crippen molar-refractivity contribution in [2.45, 2.75) is 103 Å². The summed E-state index contributed by atoms with van der Waals surface area (Å²) in [4.78, 5) is 36.5. The van der Waals surface area contributed by atoms with E-state index >= 15 is 0 Å². The standard InChI is InChI=1S/C26H39N3O3.C19H29BrN2O2/c1-6-29(23-11-9-22(10-12-23)27(3)4)25-19-21(18-24(20(25)2)26(30)31-5)8-7-13-28-14-16-32-17-15-28;1-6-22(16-9-7-15(8-10-16)21(3)4)18-12-14(20)11-17(13(18)2)19(23)24-5/h18-19,22-23H,6,9-17H2,1-5H3;11-12,15-16H,6-10H2,1-5H3. The molecular weight excluding hydrogens is 770 g/mol. The van der Waals surface area contributed by atoms with Crippen molar-refractivity contribution in [3.8, 4) is 11.8 Å². The number of benzene rings is 2. The van der Waals surface area contributed by atoms with E-state index in [2.05, 4.69) is 106 Å². The third kappa shape index (κ3) is 12.0. The van der Waals surface area contributed by atoms with Gasteiger partial charge in [-0.2, -0.15) is 0 Å². The summed E-state index contributed by atoms with van der Waals surface area (Å²) in [5.74, 6) is 6.04.